The molecule has 2 aromatic heterocycles. The van der Waals surface area contributed by atoms with E-state index in [9.17, 15) is 9.59 Å². The number of esters is 1. The van der Waals surface area contributed by atoms with Crippen molar-refractivity contribution in [3.8, 4) is 5.69 Å². The molecule has 0 bridgehead atoms. The van der Waals surface area contributed by atoms with Crippen LogP contribution in [0.25, 0.3) is 16.6 Å². The van der Waals surface area contributed by atoms with Crippen molar-refractivity contribution in [1.29, 1.82) is 0 Å². The van der Waals surface area contributed by atoms with Gasteiger partial charge in [0.25, 0.3) is 0 Å². The Labute approximate surface area is 168 Å². The Morgan fingerprint density at radius 2 is 1.69 bits per heavy atom. The number of aromatic nitrogens is 2. The number of para-hydroxylation sites is 1. The van der Waals surface area contributed by atoms with Crippen LogP contribution in [0.1, 0.15) is 37.7 Å². The van der Waals surface area contributed by atoms with Crippen LogP contribution in [0.2, 0.25) is 0 Å². The Balaban J connectivity index is 1.52. The number of ketones is 1. The molecule has 0 unspecified atom stereocenters. The van der Waals surface area contributed by atoms with E-state index in [4.69, 9.17) is 4.74 Å². The van der Waals surface area contributed by atoms with E-state index in [0.717, 1.165) is 28.0 Å². The van der Waals surface area contributed by atoms with Crippen LogP contribution in [0.5, 0.6) is 0 Å². The van der Waals surface area contributed by atoms with Crippen molar-refractivity contribution in [3.63, 3.8) is 0 Å². The molecular formula is C24H22N2O3. The number of ether oxygens (including phenoxy) is 1. The van der Waals surface area contributed by atoms with E-state index in [1.165, 1.54) is 5.56 Å². The molecular weight excluding hydrogens is 364 g/mol. The summed E-state index contributed by atoms with van der Waals surface area (Å²) in [5, 5.41) is 0.825. The highest BCUT2D eigenvalue weighted by Gasteiger charge is 2.20. The van der Waals surface area contributed by atoms with Gasteiger partial charge in [-0.3, -0.25) is 4.79 Å². The van der Waals surface area contributed by atoms with Crippen LogP contribution >= 0.6 is 0 Å². The normalized spacial score (nSPS) is 11.0. The quantitative estimate of drug-likeness (QED) is 0.391. The van der Waals surface area contributed by atoms with Gasteiger partial charge >= 0.3 is 5.97 Å². The molecule has 0 spiro atoms. The second-order valence-corrected chi connectivity index (χ2v) is 7.20. The first-order valence-electron chi connectivity index (χ1n) is 9.48. The summed E-state index contributed by atoms with van der Waals surface area (Å²) in [5.41, 5.74) is 5.75. The maximum atomic E-state index is 12.7. The monoisotopic (exact) mass is 386 g/mol. The van der Waals surface area contributed by atoms with E-state index in [1.807, 2.05) is 73.9 Å². The van der Waals surface area contributed by atoms with Crippen molar-refractivity contribution in [1.82, 2.24) is 9.55 Å². The first-order chi connectivity index (χ1) is 14.0. The van der Waals surface area contributed by atoms with Gasteiger partial charge < -0.3 is 14.3 Å². The lowest BCUT2D eigenvalue weighted by Gasteiger charge is -2.10. The maximum Gasteiger partial charge on any atom is 0.340 e. The van der Waals surface area contributed by atoms with Crippen LogP contribution in [0.15, 0.2) is 60.8 Å². The van der Waals surface area contributed by atoms with Crippen molar-refractivity contribution in [2.45, 2.75) is 20.8 Å². The molecule has 5 nitrogen and oxygen atoms in total. The third-order valence-corrected chi connectivity index (χ3v) is 5.17. The van der Waals surface area contributed by atoms with Crippen molar-refractivity contribution in [2.75, 3.05) is 6.61 Å². The molecule has 146 valence electrons. The minimum absolute atomic E-state index is 0.233. The topological polar surface area (TPSA) is 64.1 Å². The van der Waals surface area contributed by atoms with E-state index < -0.39 is 5.97 Å². The molecule has 4 aromatic rings. The highest BCUT2D eigenvalue weighted by molar-refractivity contribution is 6.09. The highest BCUT2D eigenvalue weighted by Crippen LogP contribution is 2.22. The molecule has 4 rings (SSSR count). The molecule has 0 aliphatic rings. The summed E-state index contributed by atoms with van der Waals surface area (Å²) in [6, 6.07) is 17.5. The first-order valence-corrected chi connectivity index (χ1v) is 9.48. The fourth-order valence-corrected chi connectivity index (χ4v) is 3.65. The summed E-state index contributed by atoms with van der Waals surface area (Å²) < 4.78 is 7.36. The zero-order valence-electron chi connectivity index (χ0n) is 16.7. The second-order valence-electron chi connectivity index (χ2n) is 7.20. The van der Waals surface area contributed by atoms with Gasteiger partial charge in [0.15, 0.2) is 6.61 Å². The summed E-state index contributed by atoms with van der Waals surface area (Å²) in [7, 11) is 0. The zero-order valence-corrected chi connectivity index (χ0v) is 16.7. The number of hydrogen-bond donors (Lipinski definition) is 1. The Kier molecular flexibility index (Phi) is 4.80. The van der Waals surface area contributed by atoms with Crippen molar-refractivity contribution < 1.29 is 14.3 Å². The standard InChI is InChI=1S/C24H22N2O3/c1-15-8-10-18(11-9-15)26-16(2)12-20(17(26)3)24(28)29-14-23(27)21-13-25-22-7-5-4-6-19(21)22/h4-13,25H,14H2,1-3H3. The van der Waals surface area contributed by atoms with E-state index in [-0.39, 0.29) is 12.4 Å². The molecule has 5 heteroatoms. The van der Waals surface area contributed by atoms with Crippen molar-refractivity contribution in [3.05, 3.63) is 88.9 Å². The van der Waals surface area contributed by atoms with Crippen LogP contribution < -0.4 is 0 Å². The van der Waals surface area contributed by atoms with E-state index >= 15 is 0 Å². The minimum Gasteiger partial charge on any atom is -0.454 e. The van der Waals surface area contributed by atoms with Crippen LogP contribution in [-0.4, -0.2) is 27.9 Å². The summed E-state index contributed by atoms with van der Waals surface area (Å²) >= 11 is 0. The smallest absolute Gasteiger partial charge is 0.340 e. The molecule has 0 saturated heterocycles. The lowest BCUT2D eigenvalue weighted by molar-refractivity contribution is 0.0474. The average molecular weight is 386 g/mol. The van der Waals surface area contributed by atoms with E-state index in [2.05, 4.69) is 4.98 Å². The zero-order chi connectivity index (χ0) is 20.5. The molecule has 0 atom stereocenters. The predicted octanol–water partition coefficient (Wildman–Crippen LogP) is 4.92. The third-order valence-electron chi connectivity index (χ3n) is 5.17. The Morgan fingerprint density at radius 3 is 2.45 bits per heavy atom. The molecule has 0 fully saturated rings. The number of rotatable bonds is 5. The van der Waals surface area contributed by atoms with Gasteiger partial charge in [0, 0.05) is 39.7 Å². The molecule has 0 amide bonds. The summed E-state index contributed by atoms with van der Waals surface area (Å²) in [4.78, 5) is 28.3. The van der Waals surface area contributed by atoms with Gasteiger partial charge in [-0.2, -0.15) is 0 Å². The molecule has 0 radical (unpaired) electrons. The van der Waals surface area contributed by atoms with E-state index in [0.29, 0.717) is 11.1 Å². The highest BCUT2D eigenvalue weighted by atomic mass is 16.5. The Morgan fingerprint density at radius 1 is 0.966 bits per heavy atom. The summed E-state index contributed by atoms with van der Waals surface area (Å²) in [6.45, 7) is 5.56. The Bertz CT molecular complexity index is 1210. The molecule has 1 N–H and O–H groups in total. The van der Waals surface area contributed by atoms with Gasteiger partial charge in [-0.1, -0.05) is 35.9 Å². The lowest BCUT2D eigenvalue weighted by Crippen LogP contribution is -2.14. The van der Waals surface area contributed by atoms with Gasteiger partial charge in [0.2, 0.25) is 5.78 Å². The molecule has 0 aliphatic heterocycles. The first kappa shape index (κ1) is 18.7. The Hall–Kier alpha value is -3.60. The van der Waals surface area contributed by atoms with Crippen LogP contribution in [0.3, 0.4) is 0 Å². The van der Waals surface area contributed by atoms with Gasteiger partial charge in [0.1, 0.15) is 0 Å². The van der Waals surface area contributed by atoms with Crippen molar-refractivity contribution in [2.24, 2.45) is 0 Å². The van der Waals surface area contributed by atoms with Gasteiger partial charge in [0.05, 0.1) is 5.56 Å². The fourth-order valence-electron chi connectivity index (χ4n) is 3.65. The van der Waals surface area contributed by atoms with Crippen molar-refractivity contribution >= 4 is 22.7 Å². The predicted molar refractivity (Wildman–Crippen MR) is 113 cm³/mol. The van der Waals surface area contributed by atoms with Crippen LogP contribution in [-0.2, 0) is 4.74 Å². The van der Waals surface area contributed by atoms with Gasteiger partial charge in [-0.15, -0.1) is 0 Å². The number of H-pyrrole nitrogens is 1. The maximum absolute atomic E-state index is 12.7. The SMILES string of the molecule is Cc1ccc(-n2c(C)cc(C(=O)OCC(=O)c3c[nH]c4ccccc34)c2C)cc1. The fraction of sp³-hybridized carbons (Fsp3) is 0.167. The lowest BCUT2D eigenvalue weighted by atomic mass is 10.1. The number of carbonyl (C=O) groups excluding carboxylic acids is 2. The van der Waals surface area contributed by atoms with Crippen LogP contribution in [0.4, 0.5) is 0 Å². The summed E-state index contributed by atoms with van der Waals surface area (Å²) in [5.74, 6) is -0.729. The molecule has 0 saturated carbocycles. The van der Waals surface area contributed by atoms with Gasteiger partial charge in [-0.05, 0) is 45.0 Å². The van der Waals surface area contributed by atoms with E-state index in [1.54, 1.807) is 12.3 Å². The average Bonchev–Trinajstić information content (AvgIpc) is 3.28. The molecule has 2 aromatic carbocycles. The number of carbonyl (C=O) groups is 2. The largest absolute Gasteiger partial charge is 0.454 e. The number of fused-ring (bicyclic) bond motifs is 1. The number of aryl methyl sites for hydroxylation is 2. The molecule has 29 heavy (non-hydrogen) atoms. The number of hydrogen-bond acceptors (Lipinski definition) is 3. The summed E-state index contributed by atoms with van der Waals surface area (Å²) in [6.07, 6.45) is 1.66. The number of Topliss-reactive ketones (excluding diaryl/α,β-unsaturated/α-hetero) is 1. The number of nitrogens with one attached hydrogen (secondary N) is 1. The number of nitrogens with zero attached hydrogens (tertiary/aromatic N) is 1. The molecule has 0 aliphatic carbocycles. The second kappa shape index (κ2) is 7.43. The van der Waals surface area contributed by atoms with Crippen LogP contribution in [0, 0.1) is 20.8 Å². The number of benzene rings is 2. The number of aromatic amines is 1. The third kappa shape index (κ3) is 3.47. The van der Waals surface area contributed by atoms with Gasteiger partial charge in [-0.25, -0.2) is 4.79 Å². The molecule has 2 heterocycles. The minimum atomic E-state index is -0.496.